The lowest BCUT2D eigenvalue weighted by Crippen LogP contribution is -2.32. The molecule has 0 bridgehead atoms. The van der Waals surface area contributed by atoms with Gasteiger partial charge in [0, 0.05) is 11.1 Å². The lowest BCUT2D eigenvalue weighted by molar-refractivity contribution is -0.117. The van der Waals surface area contributed by atoms with Crippen molar-refractivity contribution in [3.63, 3.8) is 0 Å². The summed E-state index contributed by atoms with van der Waals surface area (Å²) in [6, 6.07) is 19.7. The molecule has 0 fully saturated rings. The molecule has 0 atom stereocenters. The number of rotatable bonds is 8. The maximum Gasteiger partial charge on any atom is 0.287 e. The summed E-state index contributed by atoms with van der Waals surface area (Å²) in [6.45, 7) is 0. The Bertz CT molecular complexity index is 1290. The van der Waals surface area contributed by atoms with E-state index >= 15 is 0 Å². The van der Waals surface area contributed by atoms with E-state index in [4.69, 9.17) is 4.74 Å². The monoisotopic (exact) mass is 597 g/mol. The Morgan fingerprint density at radius 1 is 1.03 bits per heavy atom. The first-order valence-electron chi connectivity index (χ1n) is 10.3. The van der Waals surface area contributed by atoms with E-state index in [1.54, 1.807) is 48.6 Å². The summed E-state index contributed by atoms with van der Waals surface area (Å²) in [4.78, 5) is 25.4. The van der Waals surface area contributed by atoms with E-state index in [1.807, 2.05) is 30.3 Å². The zero-order valence-corrected chi connectivity index (χ0v) is 21.7. The lowest BCUT2D eigenvalue weighted by atomic mass is 10.2. The molecule has 0 heterocycles. The van der Waals surface area contributed by atoms with Gasteiger partial charge in [0.15, 0.2) is 5.75 Å². The Morgan fingerprint density at radius 3 is 2.34 bits per heavy atom. The van der Waals surface area contributed by atoms with Crippen molar-refractivity contribution in [2.24, 2.45) is 5.10 Å². The van der Waals surface area contributed by atoms with Gasteiger partial charge in [0.25, 0.3) is 11.8 Å². The molecule has 35 heavy (non-hydrogen) atoms. The van der Waals surface area contributed by atoms with Crippen molar-refractivity contribution < 1.29 is 19.4 Å². The van der Waals surface area contributed by atoms with Crippen LogP contribution in [0.2, 0.25) is 0 Å². The minimum absolute atomic E-state index is 0.00972. The third-order valence-corrected chi connectivity index (χ3v) is 5.96. The van der Waals surface area contributed by atoms with E-state index in [-0.39, 0.29) is 11.4 Å². The average Bonchev–Trinajstić information content (AvgIpc) is 2.87. The molecule has 0 saturated carbocycles. The molecule has 178 valence electrons. The van der Waals surface area contributed by atoms with Crippen LogP contribution in [0.3, 0.4) is 0 Å². The quantitative estimate of drug-likeness (QED) is 0.140. The van der Waals surface area contributed by atoms with Crippen LogP contribution in [0.1, 0.15) is 21.5 Å². The van der Waals surface area contributed by atoms with Crippen molar-refractivity contribution in [3.8, 4) is 11.5 Å². The highest BCUT2D eigenvalue weighted by atomic mass is 79.9. The number of ether oxygens (including phenoxy) is 1. The van der Waals surface area contributed by atoms with E-state index in [0.29, 0.717) is 25.8 Å². The molecular formula is C26H21Br2N3O4. The van der Waals surface area contributed by atoms with Crippen LogP contribution in [0.25, 0.3) is 6.08 Å². The third kappa shape index (κ3) is 7.14. The summed E-state index contributed by atoms with van der Waals surface area (Å²) >= 11 is 6.62. The van der Waals surface area contributed by atoms with Crippen molar-refractivity contribution in [3.05, 3.63) is 110 Å². The molecule has 3 aromatic carbocycles. The van der Waals surface area contributed by atoms with Crippen LogP contribution in [0.5, 0.6) is 11.5 Å². The molecule has 3 aromatic rings. The first kappa shape index (κ1) is 25.9. The fourth-order valence-electron chi connectivity index (χ4n) is 2.89. The number of aromatic hydroxyl groups is 1. The second-order valence-electron chi connectivity index (χ2n) is 7.01. The molecule has 9 heteroatoms. The first-order chi connectivity index (χ1) is 16.9. The summed E-state index contributed by atoms with van der Waals surface area (Å²) in [7, 11) is 1.47. The number of nitrogens with zero attached hydrogens (tertiary/aromatic N) is 1. The third-order valence-electron chi connectivity index (χ3n) is 4.63. The molecule has 0 saturated heterocycles. The number of hydrogen-bond acceptors (Lipinski definition) is 5. The van der Waals surface area contributed by atoms with Gasteiger partial charge in [-0.25, -0.2) is 5.43 Å². The number of carbonyl (C=O) groups excluding carboxylic acids is 2. The Hall–Kier alpha value is -3.69. The molecule has 0 aromatic heterocycles. The number of amides is 2. The molecule has 7 nitrogen and oxygen atoms in total. The predicted octanol–water partition coefficient (Wildman–Crippen LogP) is 5.40. The number of nitrogens with one attached hydrogen (secondary N) is 2. The van der Waals surface area contributed by atoms with E-state index in [2.05, 4.69) is 47.7 Å². The normalized spacial score (nSPS) is 11.6. The summed E-state index contributed by atoms with van der Waals surface area (Å²) in [5.74, 6) is -0.774. The minimum atomic E-state index is -0.644. The highest BCUT2D eigenvalue weighted by Crippen LogP contribution is 2.41. The maximum absolute atomic E-state index is 12.8. The van der Waals surface area contributed by atoms with Crippen LogP contribution >= 0.6 is 31.9 Å². The van der Waals surface area contributed by atoms with Gasteiger partial charge in [0.05, 0.1) is 17.8 Å². The molecule has 2 amide bonds. The Balaban J connectivity index is 1.80. The average molecular weight is 599 g/mol. The Kier molecular flexibility index (Phi) is 9.39. The second-order valence-corrected chi connectivity index (χ2v) is 8.66. The zero-order valence-electron chi connectivity index (χ0n) is 18.5. The van der Waals surface area contributed by atoms with Crippen molar-refractivity contribution in [2.45, 2.75) is 0 Å². The minimum Gasteiger partial charge on any atom is -0.506 e. The van der Waals surface area contributed by atoms with Gasteiger partial charge in [-0.2, -0.15) is 5.10 Å². The second kappa shape index (κ2) is 12.7. The number of hydrogen-bond donors (Lipinski definition) is 3. The smallest absolute Gasteiger partial charge is 0.287 e. The number of methoxy groups -OCH3 is 1. The van der Waals surface area contributed by atoms with E-state index in [1.165, 1.54) is 19.4 Å². The highest BCUT2D eigenvalue weighted by molar-refractivity contribution is 9.11. The van der Waals surface area contributed by atoms with Crippen LogP contribution in [0.15, 0.2) is 98.6 Å². The van der Waals surface area contributed by atoms with Crippen LogP contribution < -0.4 is 15.5 Å². The van der Waals surface area contributed by atoms with Crippen molar-refractivity contribution in [1.82, 2.24) is 10.7 Å². The van der Waals surface area contributed by atoms with Crippen LogP contribution in [0, 0.1) is 0 Å². The molecule has 3 rings (SSSR count). The van der Waals surface area contributed by atoms with Gasteiger partial charge in [0.1, 0.15) is 15.9 Å². The fourth-order valence-corrected chi connectivity index (χ4v) is 4.37. The number of phenolic OH excluding ortho intramolecular Hbond substituents is 1. The van der Waals surface area contributed by atoms with Crippen LogP contribution in [-0.2, 0) is 4.79 Å². The van der Waals surface area contributed by atoms with Crippen molar-refractivity contribution in [2.75, 3.05) is 7.11 Å². The van der Waals surface area contributed by atoms with E-state index in [0.717, 1.165) is 5.56 Å². The van der Waals surface area contributed by atoms with Crippen LogP contribution in [0.4, 0.5) is 0 Å². The summed E-state index contributed by atoms with van der Waals surface area (Å²) in [5.41, 5.74) is 4.02. The Labute approximate surface area is 219 Å². The molecule has 0 unspecified atom stereocenters. The van der Waals surface area contributed by atoms with Gasteiger partial charge in [-0.3, -0.25) is 9.59 Å². The maximum atomic E-state index is 12.8. The van der Waals surface area contributed by atoms with Gasteiger partial charge < -0.3 is 15.2 Å². The standard InChI is InChI=1S/C26H21Br2N3O4/c1-35-24-20(27)15-19(23(32)22(24)28)16-29-31-26(34)21(14-8-11-17-9-4-2-5-10-17)30-25(33)18-12-6-3-7-13-18/h2-16,32H,1H3,(H,30,33)(H,31,34). The van der Waals surface area contributed by atoms with Crippen molar-refractivity contribution >= 4 is 56.0 Å². The van der Waals surface area contributed by atoms with Crippen molar-refractivity contribution in [1.29, 1.82) is 0 Å². The first-order valence-corrected chi connectivity index (χ1v) is 11.9. The predicted molar refractivity (Wildman–Crippen MR) is 143 cm³/mol. The molecule has 0 aliphatic heterocycles. The van der Waals surface area contributed by atoms with E-state index < -0.39 is 11.8 Å². The van der Waals surface area contributed by atoms with Crippen LogP contribution in [-0.4, -0.2) is 30.2 Å². The van der Waals surface area contributed by atoms with Gasteiger partial charge >= 0.3 is 0 Å². The summed E-state index contributed by atoms with van der Waals surface area (Å²) in [6.07, 6.45) is 6.22. The molecule has 0 radical (unpaired) electrons. The molecule has 0 aliphatic carbocycles. The van der Waals surface area contributed by atoms with Gasteiger partial charge in [-0.1, -0.05) is 60.7 Å². The molecular weight excluding hydrogens is 578 g/mol. The molecule has 0 aliphatic rings. The number of carbonyl (C=O) groups is 2. The topological polar surface area (TPSA) is 100 Å². The summed E-state index contributed by atoms with van der Waals surface area (Å²) < 4.78 is 6.13. The number of allylic oxidation sites excluding steroid dienone is 2. The number of hydrazone groups is 1. The van der Waals surface area contributed by atoms with Gasteiger partial charge in [0.2, 0.25) is 0 Å². The fraction of sp³-hybridized carbons (Fsp3) is 0.0385. The van der Waals surface area contributed by atoms with E-state index in [9.17, 15) is 14.7 Å². The number of phenols is 1. The molecule has 3 N–H and O–H groups in total. The van der Waals surface area contributed by atoms with Gasteiger partial charge in [-0.05, 0) is 61.7 Å². The SMILES string of the molecule is COc1c(Br)cc(C=NNC(=O)C(=CC=Cc2ccccc2)NC(=O)c2ccccc2)c(O)c1Br. The lowest BCUT2D eigenvalue weighted by Gasteiger charge is -2.10. The summed E-state index contributed by atoms with van der Waals surface area (Å²) in [5, 5.41) is 16.9. The highest BCUT2D eigenvalue weighted by Gasteiger charge is 2.15. The van der Waals surface area contributed by atoms with Gasteiger partial charge in [-0.15, -0.1) is 0 Å². The number of benzene rings is 3. The molecule has 0 spiro atoms. The number of halogens is 2. The zero-order chi connectivity index (χ0) is 25.2. The largest absolute Gasteiger partial charge is 0.506 e. The Morgan fingerprint density at radius 2 is 1.69 bits per heavy atom.